The van der Waals surface area contributed by atoms with E-state index >= 15 is 0 Å². The minimum absolute atomic E-state index is 0.121. The van der Waals surface area contributed by atoms with Gasteiger partial charge in [-0.25, -0.2) is 13.2 Å². The molecule has 20 heavy (non-hydrogen) atoms. The lowest BCUT2D eigenvalue weighted by Gasteiger charge is -2.27. The molecule has 1 aliphatic heterocycles. The highest BCUT2D eigenvalue weighted by molar-refractivity contribution is 5.49. The molecule has 5 heteroatoms. The summed E-state index contributed by atoms with van der Waals surface area (Å²) in [5, 5.41) is 3.02. The predicted octanol–water partition coefficient (Wildman–Crippen LogP) is 4.04. The van der Waals surface area contributed by atoms with Crippen molar-refractivity contribution in [3.05, 3.63) is 59.4 Å². The molecule has 0 saturated heterocycles. The van der Waals surface area contributed by atoms with Crippen molar-refractivity contribution in [1.82, 2.24) is 0 Å². The fourth-order valence-corrected chi connectivity index (χ4v) is 2.33. The Hall–Kier alpha value is -2.17. The summed E-state index contributed by atoms with van der Waals surface area (Å²) in [5.41, 5.74) is 1.13. The van der Waals surface area contributed by atoms with Gasteiger partial charge >= 0.3 is 0 Å². The van der Waals surface area contributed by atoms with Gasteiger partial charge in [-0.1, -0.05) is 18.2 Å². The van der Waals surface area contributed by atoms with Crippen LogP contribution in [0.5, 0.6) is 5.75 Å². The Balaban J connectivity index is 1.89. The Kier molecular flexibility index (Phi) is 3.26. The smallest absolute Gasteiger partial charge is 0.194 e. The highest BCUT2D eigenvalue weighted by atomic mass is 19.2. The molecule has 1 unspecified atom stereocenters. The maximum atomic E-state index is 13.2. The summed E-state index contributed by atoms with van der Waals surface area (Å²) in [6, 6.07) is 9.25. The molecule has 1 N–H and O–H groups in total. The van der Waals surface area contributed by atoms with E-state index in [0.29, 0.717) is 13.0 Å². The molecular weight excluding hydrogens is 267 g/mol. The van der Waals surface area contributed by atoms with Gasteiger partial charge in [0.2, 0.25) is 0 Å². The standard InChI is InChI=1S/C15H12F3NO/c16-11-7-9(8-12(17)15(11)18)19-13-5-6-20-14-4-2-1-3-10(13)14/h1-4,7-8,13,19H,5-6H2. The molecule has 2 aromatic rings. The van der Waals surface area contributed by atoms with Crippen LogP contribution in [-0.2, 0) is 0 Å². The molecule has 2 aromatic carbocycles. The third-order valence-corrected chi connectivity index (χ3v) is 3.28. The lowest BCUT2D eigenvalue weighted by atomic mass is 10.0. The molecule has 0 aromatic heterocycles. The van der Waals surface area contributed by atoms with E-state index in [1.165, 1.54) is 0 Å². The van der Waals surface area contributed by atoms with Gasteiger partial charge in [-0.05, 0) is 6.07 Å². The van der Waals surface area contributed by atoms with E-state index in [1.807, 2.05) is 24.3 Å². The Labute approximate surface area is 114 Å². The number of para-hydroxylation sites is 1. The maximum absolute atomic E-state index is 13.2. The molecule has 1 heterocycles. The van der Waals surface area contributed by atoms with Crippen molar-refractivity contribution >= 4 is 5.69 Å². The molecule has 1 atom stereocenters. The van der Waals surface area contributed by atoms with Crippen LogP contribution >= 0.6 is 0 Å². The van der Waals surface area contributed by atoms with E-state index in [0.717, 1.165) is 23.4 Å². The number of ether oxygens (including phenoxy) is 1. The number of halogens is 3. The molecule has 0 spiro atoms. The third-order valence-electron chi connectivity index (χ3n) is 3.28. The topological polar surface area (TPSA) is 21.3 Å². The van der Waals surface area contributed by atoms with Gasteiger partial charge < -0.3 is 10.1 Å². The first-order chi connectivity index (χ1) is 9.65. The molecule has 0 aliphatic carbocycles. The second kappa shape index (κ2) is 5.07. The lowest BCUT2D eigenvalue weighted by molar-refractivity contribution is 0.274. The van der Waals surface area contributed by atoms with Gasteiger partial charge in [-0.15, -0.1) is 0 Å². The number of benzene rings is 2. The number of hydrogen-bond acceptors (Lipinski definition) is 2. The van der Waals surface area contributed by atoms with Crippen LogP contribution in [0.25, 0.3) is 0 Å². The number of rotatable bonds is 2. The highest BCUT2D eigenvalue weighted by Gasteiger charge is 2.21. The molecule has 3 rings (SSSR count). The molecule has 2 nitrogen and oxygen atoms in total. The third kappa shape index (κ3) is 2.31. The fourth-order valence-electron chi connectivity index (χ4n) is 2.33. The van der Waals surface area contributed by atoms with Gasteiger partial charge in [0.05, 0.1) is 12.6 Å². The first-order valence-corrected chi connectivity index (χ1v) is 6.28. The SMILES string of the molecule is Fc1cc(NC2CCOc3ccccc32)cc(F)c1F. The van der Waals surface area contributed by atoms with Gasteiger partial charge in [-0.3, -0.25) is 0 Å². The maximum Gasteiger partial charge on any atom is 0.194 e. The van der Waals surface area contributed by atoms with E-state index in [-0.39, 0.29) is 11.7 Å². The molecule has 0 fully saturated rings. The van der Waals surface area contributed by atoms with Gasteiger partial charge in [-0.2, -0.15) is 0 Å². The monoisotopic (exact) mass is 279 g/mol. The number of hydrogen-bond donors (Lipinski definition) is 1. The summed E-state index contributed by atoms with van der Waals surface area (Å²) in [6.07, 6.45) is 0.664. The summed E-state index contributed by atoms with van der Waals surface area (Å²) >= 11 is 0. The van der Waals surface area contributed by atoms with Crippen LogP contribution < -0.4 is 10.1 Å². The van der Waals surface area contributed by atoms with Crippen LogP contribution in [0.4, 0.5) is 18.9 Å². The van der Waals surface area contributed by atoms with E-state index in [4.69, 9.17) is 4.74 Å². The van der Waals surface area contributed by atoms with E-state index in [9.17, 15) is 13.2 Å². The average molecular weight is 279 g/mol. The van der Waals surface area contributed by atoms with Crippen molar-refractivity contribution in [2.75, 3.05) is 11.9 Å². The summed E-state index contributed by atoms with van der Waals surface area (Å²) in [6.45, 7) is 0.515. The molecule has 0 saturated carbocycles. The Bertz CT molecular complexity index is 622. The highest BCUT2D eigenvalue weighted by Crippen LogP contribution is 2.34. The van der Waals surface area contributed by atoms with Crippen molar-refractivity contribution in [2.45, 2.75) is 12.5 Å². The first kappa shape index (κ1) is 12.8. The van der Waals surface area contributed by atoms with Crippen LogP contribution in [0.15, 0.2) is 36.4 Å². The largest absolute Gasteiger partial charge is 0.493 e. The summed E-state index contributed by atoms with van der Waals surface area (Å²) in [5.74, 6) is -3.11. The van der Waals surface area contributed by atoms with Gasteiger partial charge in [0.25, 0.3) is 0 Å². The molecule has 0 bridgehead atoms. The minimum atomic E-state index is -1.46. The summed E-state index contributed by atoms with van der Waals surface area (Å²) in [7, 11) is 0. The molecule has 0 radical (unpaired) electrons. The first-order valence-electron chi connectivity index (χ1n) is 6.28. The number of anilines is 1. The minimum Gasteiger partial charge on any atom is -0.493 e. The van der Waals surface area contributed by atoms with Crippen molar-refractivity contribution in [3.8, 4) is 5.75 Å². The zero-order valence-corrected chi connectivity index (χ0v) is 10.5. The van der Waals surface area contributed by atoms with Gasteiger partial charge in [0, 0.05) is 29.8 Å². The van der Waals surface area contributed by atoms with E-state index in [2.05, 4.69) is 5.32 Å². The number of nitrogens with one attached hydrogen (secondary N) is 1. The summed E-state index contributed by atoms with van der Waals surface area (Å²) < 4.78 is 44.9. The zero-order valence-electron chi connectivity index (χ0n) is 10.5. The number of fused-ring (bicyclic) bond motifs is 1. The Morgan fingerprint density at radius 3 is 2.50 bits per heavy atom. The van der Waals surface area contributed by atoms with Crippen molar-refractivity contribution in [2.24, 2.45) is 0 Å². The molecular formula is C15H12F3NO. The zero-order chi connectivity index (χ0) is 14.1. The predicted molar refractivity (Wildman–Crippen MR) is 69.2 cm³/mol. The summed E-state index contributed by atoms with van der Waals surface area (Å²) in [4.78, 5) is 0. The average Bonchev–Trinajstić information content (AvgIpc) is 2.45. The molecule has 0 amide bonds. The van der Waals surface area contributed by atoms with Crippen molar-refractivity contribution in [3.63, 3.8) is 0 Å². The molecule has 104 valence electrons. The van der Waals surface area contributed by atoms with Gasteiger partial charge in [0.15, 0.2) is 17.5 Å². The van der Waals surface area contributed by atoms with Crippen molar-refractivity contribution < 1.29 is 17.9 Å². The van der Waals surface area contributed by atoms with Crippen LogP contribution in [0, 0.1) is 17.5 Å². The lowest BCUT2D eigenvalue weighted by Crippen LogP contribution is -2.20. The second-order valence-electron chi connectivity index (χ2n) is 4.63. The Morgan fingerprint density at radius 2 is 1.75 bits per heavy atom. The van der Waals surface area contributed by atoms with E-state index in [1.54, 1.807) is 0 Å². The van der Waals surface area contributed by atoms with Crippen LogP contribution in [0.1, 0.15) is 18.0 Å². The Morgan fingerprint density at radius 1 is 1.05 bits per heavy atom. The van der Waals surface area contributed by atoms with Crippen molar-refractivity contribution in [1.29, 1.82) is 0 Å². The normalized spacial score (nSPS) is 17.2. The van der Waals surface area contributed by atoms with Gasteiger partial charge in [0.1, 0.15) is 5.75 Å². The molecule has 1 aliphatic rings. The fraction of sp³-hybridized carbons (Fsp3) is 0.200. The quantitative estimate of drug-likeness (QED) is 0.838. The van der Waals surface area contributed by atoms with Crippen LogP contribution in [-0.4, -0.2) is 6.61 Å². The second-order valence-corrected chi connectivity index (χ2v) is 4.63. The van der Waals surface area contributed by atoms with Crippen LogP contribution in [0.3, 0.4) is 0 Å². The van der Waals surface area contributed by atoms with E-state index < -0.39 is 17.5 Å². The van der Waals surface area contributed by atoms with Crippen LogP contribution in [0.2, 0.25) is 0 Å².